The molecule has 0 heteroatoms. The third kappa shape index (κ3) is 8.39. The van der Waals surface area contributed by atoms with Gasteiger partial charge in [0.15, 0.2) is 0 Å². The van der Waals surface area contributed by atoms with Crippen LogP contribution in [-0.2, 0) is 0 Å². The van der Waals surface area contributed by atoms with E-state index >= 15 is 0 Å². The summed E-state index contributed by atoms with van der Waals surface area (Å²) in [4.78, 5) is 0. The molecule has 0 aromatic heterocycles. The normalized spacial score (nSPS) is 28.6. The third-order valence-electron chi connectivity index (χ3n) is 7.08. The molecule has 24 heavy (non-hydrogen) atoms. The molecule has 0 nitrogen and oxygen atoms in total. The molecule has 1 fully saturated rings. The fraction of sp³-hybridized carbons (Fsp3) is 1.00. The summed E-state index contributed by atoms with van der Waals surface area (Å²) in [5, 5.41) is 0. The summed E-state index contributed by atoms with van der Waals surface area (Å²) >= 11 is 0. The highest BCUT2D eigenvalue weighted by Crippen LogP contribution is 2.39. The zero-order valence-electron chi connectivity index (χ0n) is 18.0. The minimum absolute atomic E-state index is 0.568. The van der Waals surface area contributed by atoms with Crippen molar-refractivity contribution in [2.24, 2.45) is 29.1 Å². The lowest BCUT2D eigenvalue weighted by molar-refractivity contribution is 0.148. The first-order valence-electron chi connectivity index (χ1n) is 11.4. The van der Waals surface area contributed by atoms with Crippen LogP contribution in [0.5, 0.6) is 0 Å². The van der Waals surface area contributed by atoms with E-state index in [2.05, 4.69) is 41.5 Å². The van der Waals surface area contributed by atoms with Gasteiger partial charge in [-0.15, -0.1) is 0 Å². The van der Waals surface area contributed by atoms with E-state index < -0.39 is 0 Å². The molecule has 0 aliphatic heterocycles. The lowest BCUT2D eigenvalue weighted by atomic mass is 9.70. The van der Waals surface area contributed by atoms with Crippen LogP contribution < -0.4 is 0 Å². The maximum Gasteiger partial charge on any atom is -0.0354 e. The van der Waals surface area contributed by atoms with E-state index in [1.807, 2.05) is 0 Å². The van der Waals surface area contributed by atoms with Crippen LogP contribution in [0.25, 0.3) is 0 Å². The second-order valence-corrected chi connectivity index (χ2v) is 10.0. The Hall–Kier alpha value is 0. The van der Waals surface area contributed by atoms with Gasteiger partial charge in [-0.3, -0.25) is 0 Å². The van der Waals surface area contributed by atoms with Gasteiger partial charge in [-0.1, -0.05) is 106 Å². The summed E-state index contributed by atoms with van der Waals surface area (Å²) in [5.74, 6) is 3.68. The molecule has 0 amide bonds. The highest BCUT2D eigenvalue weighted by molar-refractivity contribution is 4.79. The fourth-order valence-corrected chi connectivity index (χ4v) is 4.94. The van der Waals surface area contributed by atoms with Crippen molar-refractivity contribution < 1.29 is 0 Å². The summed E-state index contributed by atoms with van der Waals surface area (Å²) in [6.07, 6.45) is 19.0. The molecule has 0 aromatic rings. The molecule has 0 saturated heterocycles. The summed E-state index contributed by atoms with van der Waals surface area (Å²) in [5.41, 5.74) is 0.568. The molecule has 1 rings (SSSR count). The second-order valence-electron chi connectivity index (χ2n) is 10.0. The maximum atomic E-state index is 2.55. The minimum Gasteiger partial charge on any atom is -0.0654 e. The number of rotatable bonds is 5. The van der Waals surface area contributed by atoms with Gasteiger partial charge in [0.05, 0.1) is 0 Å². The van der Waals surface area contributed by atoms with Crippen molar-refractivity contribution in [2.75, 3.05) is 0 Å². The van der Waals surface area contributed by atoms with Crippen LogP contribution in [0, 0.1) is 29.1 Å². The monoisotopic (exact) mass is 336 g/mol. The van der Waals surface area contributed by atoms with Crippen molar-refractivity contribution in [3.05, 3.63) is 0 Å². The Labute approximate surface area is 154 Å². The van der Waals surface area contributed by atoms with E-state index in [0.717, 1.165) is 23.7 Å². The Kier molecular flexibility index (Phi) is 10.6. The summed E-state index contributed by atoms with van der Waals surface area (Å²) in [6.45, 7) is 14.9. The minimum atomic E-state index is 0.568. The molecule has 0 radical (unpaired) electrons. The van der Waals surface area contributed by atoms with Crippen LogP contribution in [-0.4, -0.2) is 0 Å². The standard InChI is InChI=1S/C24H48/c1-7-8-15-22-16-12-10-9-11-13-18-24(5,6)19-14-17-23(22)21(4)20(2)3/h20-23H,7-19H2,1-6H3. The third-order valence-corrected chi connectivity index (χ3v) is 7.08. The van der Waals surface area contributed by atoms with Crippen LogP contribution in [0.4, 0.5) is 0 Å². The van der Waals surface area contributed by atoms with Gasteiger partial charge in [0.1, 0.15) is 0 Å². The van der Waals surface area contributed by atoms with Crippen LogP contribution in [0.3, 0.4) is 0 Å². The Morgan fingerprint density at radius 2 is 1.46 bits per heavy atom. The van der Waals surface area contributed by atoms with Crippen LogP contribution in [0.1, 0.15) is 125 Å². The van der Waals surface area contributed by atoms with Gasteiger partial charge >= 0.3 is 0 Å². The van der Waals surface area contributed by atoms with Crippen molar-refractivity contribution in [3.63, 3.8) is 0 Å². The Morgan fingerprint density at radius 3 is 2.12 bits per heavy atom. The molecule has 0 N–H and O–H groups in total. The quantitative estimate of drug-likeness (QED) is 0.471. The van der Waals surface area contributed by atoms with E-state index in [4.69, 9.17) is 0 Å². The molecule has 144 valence electrons. The Bertz CT molecular complexity index is 301. The predicted octanol–water partition coefficient (Wildman–Crippen LogP) is 8.64. The molecular weight excluding hydrogens is 288 g/mol. The zero-order chi connectivity index (χ0) is 18.0. The number of unbranched alkanes of at least 4 members (excludes halogenated alkanes) is 1. The topological polar surface area (TPSA) is 0 Å². The highest BCUT2D eigenvalue weighted by Gasteiger charge is 2.28. The van der Waals surface area contributed by atoms with Gasteiger partial charge in [-0.25, -0.2) is 0 Å². The maximum absolute atomic E-state index is 2.55. The van der Waals surface area contributed by atoms with Gasteiger partial charge < -0.3 is 0 Å². The summed E-state index contributed by atoms with van der Waals surface area (Å²) in [7, 11) is 0. The van der Waals surface area contributed by atoms with Gasteiger partial charge in [0, 0.05) is 0 Å². The highest BCUT2D eigenvalue weighted by atomic mass is 14.3. The average molecular weight is 337 g/mol. The fourth-order valence-electron chi connectivity index (χ4n) is 4.94. The first-order chi connectivity index (χ1) is 11.4. The van der Waals surface area contributed by atoms with Crippen LogP contribution >= 0.6 is 0 Å². The molecule has 1 aliphatic carbocycles. The Balaban J connectivity index is 2.81. The summed E-state index contributed by atoms with van der Waals surface area (Å²) in [6, 6.07) is 0. The van der Waals surface area contributed by atoms with Crippen molar-refractivity contribution in [1.82, 2.24) is 0 Å². The largest absolute Gasteiger partial charge is 0.0654 e. The first kappa shape index (κ1) is 22.0. The number of hydrogen-bond donors (Lipinski definition) is 0. The van der Waals surface area contributed by atoms with E-state index in [1.54, 1.807) is 0 Å². The van der Waals surface area contributed by atoms with Gasteiger partial charge in [-0.05, 0) is 48.3 Å². The SMILES string of the molecule is CCCCC1CCCCCCCC(C)(C)CCCC1C(C)C(C)C. The van der Waals surface area contributed by atoms with Crippen molar-refractivity contribution in [3.8, 4) is 0 Å². The van der Waals surface area contributed by atoms with Crippen molar-refractivity contribution in [1.29, 1.82) is 0 Å². The molecule has 0 bridgehead atoms. The average Bonchev–Trinajstić information content (AvgIpc) is 2.53. The lowest BCUT2D eigenvalue weighted by Gasteiger charge is -2.35. The molecule has 0 heterocycles. The van der Waals surface area contributed by atoms with Gasteiger partial charge in [0.2, 0.25) is 0 Å². The van der Waals surface area contributed by atoms with Gasteiger partial charge in [0.25, 0.3) is 0 Å². The van der Waals surface area contributed by atoms with Crippen molar-refractivity contribution >= 4 is 0 Å². The van der Waals surface area contributed by atoms with Crippen molar-refractivity contribution in [2.45, 2.75) is 125 Å². The van der Waals surface area contributed by atoms with E-state index in [-0.39, 0.29) is 0 Å². The molecular formula is C24H48. The smallest absolute Gasteiger partial charge is 0.0354 e. The summed E-state index contributed by atoms with van der Waals surface area (Å²) < 4.78 is 0. The van der Waals surface area contributed by atoms with Crippen LogP contribution in [0.15, 0.2) is 0 Å². The molecule has 3 unspecified atom stereocenters. The van der Waals surface area contributed by atoms with E-state index in [1.165, 1.54) is 83.5 Å². The first-order valence-corrected chi connectivity index (χ1v) is 11.4. The molecule has 0 spiro atoms. The van der Waals surface area contributed by atoms with Crippen LogP contribution in [0.2, 0.25) is 0 Å². The molecule has 0 aromatic carbocycles. The molecule has 1 saturated carbocycles. The predicted molar refractivity (Wildman–Crippen MR) is 110 cm³/mol. The zero-order valence-corrected chi connectivity index (χ0v) is 18.0. The van der Waals surface area contributed by atoms with E-state index in [0.29, 0.717) is 5.41 Å². The second kappa shape index (κ2) is 11.6. The molecule has 3 atom stereocenters. The molecule has 1 aliphatic rings. The Morgan fingerprint density at radius 1 is 0.833 bits per heavy atom. The lowest BCUT2D eigenvalue weighted by Crippen LogP contribution is -2.26. The van der Waals surface area contributed by atoms with Gasteiger partial charge in [-0.2, -0.15) is 0 Å². The number of hydrogen-bond acceptors (Lipinski definition) is 0. The van der Waals surface area contributed by atoms with E-state index in [9.17, 15) is 0 Å².